The number of nitrogens with two attached hydrogens (primary N) is 1. The lowest BCUT2D eigenvalue weighted by Crippen LogP contribution is -2.11. The molecule has 0 aliphatic rings. The average molecular weight is 285 g/mol. The normalized spacial score (nSPS) is 12.3. The Labute approximate surface area is 119 Å². The molecule has 2 heterocycles. The number of nitrogens with zero attached hydrogens (tertiary/aromatic N) is 2. The molecule has 0 amide bonds. The second-order valence-corrected chi connectivity index (χ2v) is 5.21. The third kappa shape index (κ3) is 2.59. The van der Waals surface area contributed by atoms with E-state index in [0.29, 0.717) is 5.69 Å². The third-order valence-electron chi connectivity index (χ3n) is 2.94. The van der Waals surface area contributed by atoms with E-state index in [1.165, 1.54) is 23.6 Å². The minimum atomic E-state index is -0.356. The third-order valence-corrected chi connectivity index (χ3v) is 3.86. The molecule has 3 rings (SSSR count). The summed E-state index contributed by atoms with van der Waals surface area (Å²) in [6, 6.07) is 12.5. The van der Waals surface area contributed by atoms with Gasteiger partial charge in [0.25, 0.3) is 0 Å². The summed E-state index contributed by atoms with van der Waals surface area (Å²) in [4.78, 5) is 8.52. The fourth-order valence-corrected chi connectivity index (χ4v) is 2.72. The van der Waals surface area contributed by atoms with Gasteiger partial charge in [0.15, 0.2) is 0 Å². The van der Waals surface area contributed by atoms with E-state index in [9.17, 15) is 4.39 Å². The van der Waals surface area contributed by atoms with Crippen LogP contribution in [-0.4, -0.2) is 9.97 Å². The van der Waals surface area contributed by atoms with Crippen LogP contribution in [0.1, 0.15) is 16.6 Å². The topological polar surface area (TPSA) is 51.8 Å². The molecule has 100 valence electrons. The maximum atomic E-state index is 12.9. The van der Waals surface area contributed by atoms with Crippen molar-refractivity contribution in [1.82, 2.24) is 9.97 Å². The number of thiazole rings is 1. The van der Waals surface area contributed by atoms with Gasteiger partial charge in [0, 0.05) is 5.38 Å². The quantitative estimate of drug-likeness (QED) is 0.802. The summed E-state index contributed by atoms with van der Waals surface area (Å²) in [7, 11) is 0. The fraction of sp³-hybridized carbons (Fsp3) is 0.0667. The molecule has 0 bridgehead atoms. The zero-order chi connectivity index (χ0) is 13.9. The first-order valence-corrected chi connectivity index (χ1v) is 7.00. The van der Waals surface area contributed by atoms with Crippen LogP contribution in [0.4, 0.5) is 4.39 Å². The highest BCUT2D eigenvalue weighted by Crippen LogP contribution is 2.26. The Balaban J connectivity index is 1.89. The standard InChI is InChI=1S/C15H12FN3S/c16-11-6-7-12(18-8-11)13-9-20-15(19-13)14(17)10-4-2-1-3-5-10/h1-9,14H,17H2. The Morgan fingerprint density at radius 3 is 2.55 bits per heavy atom. The molecule has 20 heavy (non-hydrogen) atoms. The van der Waals surface area contributed by atoms with E-state index in [1.807, 2.05) is 35.7 Å². The van der Waals surface area contributed by atoms with Gasteiger partial charge < -0.3 is 5.73 Å². The van der Waals surface area contributed by atoms with Crippen LogP contribution in [-0.2, 0) is 0 Å². The maximum absolute atomic E-state index is 12.9. The van der Waals surface area contributed by atoms with Crippen LogP contribution in [0.15, 0.2) is 54.0 Å². The van der Waals surface area contributed by atoms with Gasteiger partial charge in [-0.3, -0.25) is 4.98 Å². The molecule has 1 unspecified atom stereocenters. The van der Waals surface area contributed by atoms with Crippen molar-refractivity contribution in [2.75, 3.05) is 0 Å². The van der Waals surface area contributed by atoms with Crippen molar-refractivity contribution in [3.8, 4) is 11.4 Å². The monoisotopic (exact) mass is 285 g/mol. The van der Waals surface area contributed by atoms with E-state index in [2.05, 4.69) is 9.97 Å². The summed E-state index contributed by atoms with van der Waals surface area (Å²) >= 11 is 1.48. The second kappa shape index (κ2) is 5.48. The Kier molecular flexibility index (Phi) is 3.54. The van der Waals surface area contributed by atoms with Crippen LogP contribution in [0.25, 0.3) is 11.4 Å². The highest BCUT2D eigenvalue weighted by Gasteiger charge is 2.14. The largest absolute Gasteiger partial charge is 0.318 e. The van der Waals surface area contributed by atoms with Crippen LogP contribution in [0, 0.1) is 5.82 Å². The first-order valence-electron chi connectivity index (χ1n) is 6.12. The number of benzene rings is 1. The highest BCUT2D eigenvalue weighted by molar-refractivity contribution is 7.10. The molecule has 0 fully saturated rings. The van der Waals surface area contributed by atoms with Gasteiger partial charge in [0.1, 0.15) is 10.8 Å². The average Bonchev–Trinajstić information content (AvgIpc) is 2.98. The lowest BCUT2D eigenvalue weighted by molar-refractivity contribution is 0.622. The van der Waals surface area contributed by atoms with Crippen molar-refractivity contribution >= 4 is 11.3 Å². The number of aromatic nitrogens is 2. The number of hydrogen-bond donors (Lipinski definition) is 1. The van der Waals surface area contributed by atoms with Crippen molar-refractivity contribution in [2.45, 2.75) is 6.04 Å². The van der Waals surface area contributed by atoms with Crippen molar-refractivity contribution in [1.29, 1.82) is 0 Å². The number of rotatable bonds is 3. The molecule has 5 heteroatoms. The predicted molar refractivity (Wildman–Crippen MR) is 77.8 cm³/mol. The van der Waals surface area contributed by atoms with Crippen molar-refractivity contribution in [3.05, 3.63) is 70.4 Å². The van der Waals surface area contributed by atoms with Gasteiger partial charge in [-0.2, -0.15) is 0 Å². The fourth-order valence-electron chi connectivity index (χ4n) is 1.88. The first-order chi connectivity index (χ1) is 9.74. The Morgan fingerprint density at radius 2 is 1.85 bits per heavy atom. The molecule has 3 aromatic rings. The van der Waals surface area contributed by atoms with Crippen LogP contribution in [0.2, 0.25) is 0 Å². The van der Waals surface area contributed by atoms with Gasteiger partial charge >= 0.3 is 0 Å². The molecule has 3 nitrogen and oxygen atoms in total. The van der Waals surface area contributed by atoms with E-state index < -0.39 is 0 Å². The summed E-state index contributed by atoms with van der Waals surface area (Å²) < 4.78 is 12.9. The molecule has 1 aromatic carbocycles. The number of halogens is 1. The molecule has 0 saturated carbocycles. The summed E-state index contributed by atoms with van der Waals surface area (Å²) in [6.07, 6.45) is 1.19. The SMILES string of the molecule is NC(c1ccccc1)c1nc(-c2ccc(F)cn2)cs1. The molecule has 0 spiro atoms. The molecular formula is C15H12FN3S. The lowest BCUT2D eigenvalue weighted by Gasteiger charge is -2.07. The second-order valence-electron chi connectivity index (χ2n) is 4.32. The smallest absolute Gasteiger partial charge is 0.141 e. The first kappa shape index (κ1) is 12.9. The van der Waals surface area contributed by atoms with Crippen molar-refractivity contribution in [2.24, 2.45) is 5.73 Å². The number of hydrogen-bond acceptors (Lipinski definition) is 4. The van der Waals surface area contributed by atoms with E-state index in [-0.39, 0.29) is 11.9 Å². The van der Waals surface area contributed by atoms with Crippen molar-refractivity contribution in [3.63, 3.8) is 0 Å². The van der Waals surface area contributed by atoms with Gasteiger partial charge in [0.2, 0.25) is 0 Å². The molecule has 0 radical (unpaired) electrons. The van der Waals surface area contributed by atoms with E-state index in [0.717, 1.165) is 16.3 Å². The Hall–Kier alpha value is -2.11. The van der Waals surface area contributed by atoms with Gasteiger partial charge in [-0.05, 0) is 17.7 Å². The van der Waals surface area contributed by atoms with Crippen LogP contribution in [0.3, 0.4) is 0 Å². The minimum Gasteiger partial charge on any atom is -0.318 e. The predicted octanol–water partition coefficient (Wildman–Crippen LogP) is 3.39. The summed E-state index contributed by atoms with van der Waals surface area (Å²) in [5.41, 5.74) is 8.58. The van der Waals surface area contributed by atoms with Crippen LogP contribution < -0.4 is 5.73 Å². The van der Waals surface area contributed by atoms with Gasteiger partial charge in [0.05, 0.1) is 23.6 Å². The van der Waals surface area contributed by atoms with Gasteiger partial charge in [-0.1, -0.05) is 30.3 Å². The molecule has 1 atom stereocenters. The van der Waals surface area contributed by atoms with E-state index in [4.69, 9.17) is 5.73 Å². The Morgan fingerprint density at radius 1 is 1.05 bits per heavy atom. The zero-order valence-corrected chi connectivity index (χ0v) is 11.3. The lowest BCUT2D eigenvalue weighted by atomic mass is 10.1. The molecule has 2 N–H and O–H groups in total. The number of pyridine rings is 1. The van der Waals surface area contributed by atoms with Crippen LogP contribution >= 0.6 is 11.3 Å². The summed E-state index contributed by atoms with van der Waals surface area (Å²) in [5, 5.41) is 2.70. The van der Waals surface area contributed by atoms with E-state index >= 15 is 0 Å². The molecular weight excluding hydrogens is 273 g/mol. The van der Waals surface area contributed by atoms with Crippen molar-refractivity contribution < 1.29 is 4.39 Å². The molecule has 0 saturated heterocycles. The summed E-state index contributed by atoms with van der Waals surface area (Å²) in [5.74, 6) is -0.356. The van der Waals surface area contributed by atoms with Crippen LogP contribution in [0.5, 0.6) is 0 Å². The maximum Gasteiger partial charge on any atom is 0.141 e. The molecule has 0 aliphatic heterocycles. The molecule has 0 aliphatic carbocycles. The van der Waals surface area contributed by atoms with Gasteiger partial charge in [-0.15, -0.1) is 11.3 Å². The summed E-state index contributed by atoms with van der Waals surface area (Å²) in [6.45, 7) is 0. The molecule has 2 aromatic heterocycles. The zero-order valence-electron chi connectivity index (χ0n) is 10.5. The highest BCUT2D eigenvalue weighted by atomic mass is 32.1. The minimum absolute atomic E-state index is 0.254. The van der Waals surface area contributed by atoms with Gasteiger partial charge in [-0.25, -0.2) is 9.37 Å². The Bertz CT molecular complexity index is 695. The van der Waals surface area contributed by atoms with E-state index in [1.54, 1.807) is 6.07 Å².